The second kappa shape index (κ2) is 6.15. The molecule has 2 heteroatoms. The van der Waals surface area contributed by atoms with Gasteiger partial charge in [0.25, 0.3) is 0 Å². The van der Waals surface area contributed by atoms with Crippen LogP contribution in [0.1, 0.15) is 76.0 Å². The van der Waals surface area contributed by atoms with Crippen molar-refractivity contribution in [3.05, 3.63) is 34.9 Å². The normalized spacial score (nSPS) is 32.8. The lowest BCUT2D eigenvalue weighted by molar-refractivity contribution is 0.0332. The van der Waals surface area contributed by atoms with Gasteiger partial charge in [-0.1, -0.05) is 52.3 Å². The Morgan fingerprint density at radius 3 is 2.78 bits per heavy atom. The van der Waals surface area contributed by atoms with Crippen LogP contribution in [0.3, 0.4) is 0 Å². The van der Waals surface area contributed by atoms with Crippen molar-refractivity contribution in [1.82, 2.24) is 0 Å². The third-order valence-corrected chi connectivity index (χ3v) is 6.80. The highest BCUT2D eigenvalue weighted by atomic mass is 32.1. The lowest BCUT2D eigenvalue weighted by Gasteiger charge is -2.55. The molecule has 1 nitrogen and oxygen atoms in total. The van der Waals surface area contributed by atoms with E-state index in [9.17, 15) is 0 Å². The molecule has 1 fully saturated rings. The van der Waals surface area contributed by atoms with E-state index in [1.165, 1.54) is 37.7 Å². The van der Waals surface area contributed by atoms with Gasteiger partial charge in [-0.25, -0.2) is 4.99 Å². The molecule has 0 heterocycles. The molecule has 0 unspecified atom stereocenters. The summed E-state index contributed by atoms with van der Waals surface area (Å²) in [5, 5.41) is 2.60. The first kappa shape index (κ1) is 16.9. The number of thiocarbonyl (C=S) groups is 1. The predicted octanol–water partition coefficient (Wildman–Crippen LogP) is 5.92. The van der Waals surface area contributed by atoms with Gasteiger partial charge in [-0.2, -0.15) is 0 Å². The van der Waals surface area contributed by atoms with Crippen molar-refractivity contribution in [3.63, 3.8) is 0 Å². The number of isothiocyanates is 1. The van der Waals surface area contributed by atoms with Gasteiger partial charge in [-0.05, 0) is 77.3 Å². The van der Waals surface area contributed by atoms with Crippen LogP contribution in [0.15, 0.2) is 23.2 Å². The highest BCUT2D eigenvalue weighted by Crippen LogP contribution is 2.57. The molecule has 0 aromatic heterocycles. The van der Waals surface area contributed by atoms with Crippen molar-refractivity contribution < 1.29 is 0 Å². The fourth-order valence-electron chi connectivity index (χ4n) is 5.41. The zero-order chi connectivity index (χ0) is 16.7. The number of fused-ring (bicyclic) bond motifs is 3. The highest BCUT2D eigenvalue weighted by Gasteiger charge is 2.51. The van der Waals surface area contributed by atoms with Gasteiger partial charge in [0.15, 0.2) is 0 Å². The summed E-state index contributed by atoms with van der Waals surface area (Å²) in [6, 6.07) is 7.27. The molecule has 0 spiro atoms. The van der Waals surface area contributed by atoms with Gasteiger partial charge in [0.1, 0.15) is 0 Å². The van der Waals surface area contributed by atoms with Gasteiger partial charge in [0, 0.05) is 0 Å². The highest BCUT2D eigenvalue weighted by molar-refractivity contribution is 7.78. The quantitative estimate of drug-likeness (QED) is 0.495. The van der Waals surface area contributed by atoms with Crippen LogP contribution >= 0.6 is 12.2 Å². The molecule has 0 amide bonds. The van der Waals surface area contributed by atoms with E-state index in [0.29, 0.717) is 17.3 Å². The summed E-state index contributed by atoms with van der Waals surface area (Å²) in [6.45, 7) is 10.4. The van der Waals surface area contributed by atoms with Crippen molar-refractivity contribution in [2.75, 3.05) is 6.54 Å². The Labute approximate surface area is 146 Å². The van der Waals surface area contributed by atoms with Crippen molar-refractivity contribution in [2.24, 2.45) is 16.3 Å². The Morgan fingerprint density at radius 1 is 1.30 bits per heavy atom. The zero-order valence-electron chi connectivity index (χ0n) is 15.0. The molecule has 1 aromatic carbocycles. The molecule has 2 aliphatic rings. The van der Waals surface area contributed by atoms with E-state index in [1.807, 2.05) is 0 Å². The number of hydrogen-bond acceptors (Lipinski definition) is 2. The van der Waals surface area contributed by atoms with Gasteiger partial charge in [-0.15, -0.1) is 0 Å². The van der Waals surface area contributed by atoms with Crippen LogP contribution in [0.5, 0.6) is 0 Å². The fraction of sp³-hybridized carbons (Fsp3) is 0.667. The summed E-state index contributed by atoms with van der Waals surface area (Å²) >= 11 is 4.83. The van der Waals surface area contributed by atoms with E-state index in [4.69, 9.17) is 12.2 Å². The minimum atomic E-state index is 0.271. The first-order chi connectivity index (χ1) is 10.9. The maximum atomic E-state index is 4.83. The second-order valence-corrected chi connectivity index (χ2v) is 8.68. The third kappa shape index (κ3) is 2.81. The SMILES string of the molecule is CC(C)c1ccc2c(c1)CC[C@@H]1[C@](C)(CN=C=S)CCC[C@@]21C. The molecule has 1 saturated carbocycles. The van der Waals surface area contributed by atoms with Crippen molar-refractivity contribution in [2.45, 2.75) is 71.1 Å². The molecule has 0 bridgehead atoms. The van der Waals surface area contributed by atoms with Crippen LogP contribution < -0.4 is 0 Å². The zero-order valence-corrected chi connectivity index (χ0v) is 15.8. The van der Waals surface area contributed by atoms with Crippen molar-refractivity contribution in [1.29, 1.82) is 0 Å². The average molecular weight is 328 g/mol. The maximum absolute atomic E-state index is 4.83. The maximum Gasteiger partial charge on any atom is 0.0585 e. The van der Waals surface area contributed by atoms with Crippen molar-refractivity contribution in [3.8, 4) is 0 Å². The molecule has 3 rings (SSSR count). The minimum absolute atomic E-state index is 0.271. The summed E-state index contributed by atoms with van der Waals surface area (Å²) in [6.07, 6.45) is 6.37. The summed E-state index contributed by atoms with van der Waals surface area (Å²) in [5.74, 6) is 1.31. The van der Waals surface area contributed by atoms with Crippen LogP contribution in [0.2, 0.25) is 0 Å². The van der Waals surface area contributed by atoms with E-state index in [2.05, 4.69) is 56.0 Å². The predicted molar refractivity (Wildman–Crippen MR) is 102 cm³/mol. The summed E-state index contributed by atoms with van der Waals surface area (Å²) in [5.41, 5.74) is 5.25. The lowest BCUT2D eigenvalue weighted by Crippen LogP contribution is -2.50. The molecule has 0 aliphatic heterocycles. The molecule has 0 N–H and O–H groups in total. The van der Waals surface area contributed by atoms with Crippen molar-refractivity contribution >= 4 is 17.4 Å². The fourth-order valence-corrected chi connectivity index (χ4v) is 5.47. The van der Waals surface area contributed by atoms with E-state index < -0.39 is 0 Å². The Hall–Kier alpha value is -0.980. The largest absolute Gasteiger partial charge is 0.232 e. The van der Waals surface area contributed by atoms with E-state index >= 15 is 0 Å². The van der Waals surface area contributed by atoms with Crippen LogP contribution in [-0.4, -0.2) is 11.7 Å². The Morgan fingerprint density at radius 2 is 2.09 bits per heavy atom. The van der Waals surface area contributed by atoms with Gasteiger partial charge < -0.3 is 0 Å². The Balaban J connectivity index is 2.02. The van der Waals surface area contributed by atoms with Gasteiger partial charge in [0.05, 0.1) is 11.7 Å². The van der Waals surface area contributed by atoms with E-state index in [-0.39, 0.29) is 5.41 Å². The Bertz CT molecular complexity index is 643. The van der Waals surface area contributed by atoms with Crippen LogP contribution in [-0.2, 0) is 11.8 Å². The molecule has 124 valence electrons. The summed E-state index contributed by atoms with van der Waals surface area (Å²) in [7, 11) is 0. The molecule has 0 saturated heterocycles. The first-order valence-corrected chi connectivity index (χ1v) is 9.48. The molecule has 0 radical (unpaired) electrons. The summed E-state index contributed by atoms with van der Waals surface area (Å²) in [4.78, 5) is 4.35. The van der Waals surface area contributed by atoms with Crippen LogP contribution in [0.25, 0.3) is 0 Å². The molecule has 3 atom stereocenters. The first-order valence-electron chi connectivity index (χ1n) is 9.08. The smallest absolute Gasteiger partial charge is 0.0585 e. The molecule has 23 heavy (non-hydrogen) atoms. The average Bonchev–Trinajstić information content (AvgIpc) is 2.52. The molecular weight excluding hydrogens is 298 g/mol. The monoisotopic (exact) mass is 327 g/mol. The molecule has 2 aliphatic carbocycles. The second-order valence-electron chi connectivity index (χ2n) is 8.50. The number of rotatable bonds is 3. The van der Waals surface area contributed by atoms with Crippen LogP contribution in [0, 0.1) is 11.3 Å². The van der Waals surface area contributed by atoms with Gasteiger partial charge in [-0.3, -0.25) is 0 Å². The number of aliphatic imine (C=N–C) groups is 1. The van der Waals surface area contributed by atoms with E-state index in [0.717, 1.165) is 6.54 Å². The Kier molecular flexibility index (Phi) is 4.51. The molecular formula is C21H29NS. The number of hydrogen-bond donors (Lipinski definition) is 0. The third-order valence-electron chi connectivity index (χ3n) is 6.67. The van der Waals surface area contributed by atoms with E-state index in [1.54, 1.807) is 11.1 Å². The number of aryl methyl sites for hydroxylation is 1. The van der Waals surface area contributed by atoms with Crippen LogP contribution in [0.4, 0.5) is 0 Å². The summed E-state index contributed by atoms with van der Waals surface area (Å²) < 4.78 is 0. The standard InChI is InChI=1S/C21H29NS/c1-15(2)16-6-8-18-17(12-16)7-9-19-20(3,13-22-14-23)10-5-11-21(18,19)4/h6,8,12,15,19H,5,7,9-11,13H2,1-4H3/t19-,20+,21+/m1/s1. The lowest BCUT2D eigenvalue weighted by atomic mass is 9.50. The van der Waals surface area contributed by atoms with Gasteiger partial charge >= 0.3 is 0 Å². The van der Waals surface area contributed by atoms with Gasteiger partial charge in [0.2, 0.25) is 0 Å². The topological polar surface area (TPSA) is 12.4 Å². The number of benzene rings is 1. The number of nitrogens with zero attached hydrogens (tertiary/aromatic N) is 1. The molecule has 1 aromatic rings. The minimum Gasteiger partial charge on any atom is -0.232 e.